The molecular weight excluding hydrogens is 337 g/mol. The quantitative estimate of drug-likeness (QED) is 0.549. The standard InChI is InChI=1S/C18H15F3O4/c1-23-15-7-4-11(9-13(15)19)3-6-14(22)12-5-8-16(25-18(20)21)17(10-12)24-2/h3-10,18H,1-2H3/b6-3+. The van der Waals surface area contributed by atoms with Crippen molar-refractivity contribution in [2.75, 3.05) is 14.2 Å². The normalized spacial score (nSPS) is 11.0. The van der Waals surface area contributed by atoms with Crippen LogP contribution in [0.5, 0.6) is 17.2 Å². The van der Waals surface area contributed by atoms with Crippen LogP contribution in [0.4, 0.5) is 13.2 Å². The van der Waals surface area contributed by atoms with Gasteiger partial charge in [0.1, 0.15) is 0 Å². The molecule has 0 N–H and O–H groups in total. The Balaban J connectivity index is 2.18. The van der Waals surface area contributed by atoms with Crippen molar-refractivity contribution in [3.05, 3.63) is 59.4 Å². The van der Waals surface area contributed by atoms with Gasteiger partial charge in [-0.1, -0.05) is 12.1 Å². The van der Waals surface area contributed by atoms with Gasteiger partial charge in [0, 0.05) is 5.56 Å². The van der Waals surface area contributed by atoms with Gasteiger partial charge in [0.15, 0.2) is 28.8 Å². The molecule has 0 radical (unpaired) electrons. The predicted octanol–water partition coefficient (Wildman–Crippen LogP) is 4.34. The van der Waals surface area contributed by atoms with E-state index in [9.17, 15) is 18.0 Å². The fourth-order valence-electron chi connectivity index (χ4n) is 2.07. The first-order valence-corrected chi connectivity index (χ1v) is 7.13. The highest BCUT2D eigenvalue weighted by atomic mass is 19.3. The van der Waals surface area contributed by atoms with E-state index in [1.165, 1.54) is 56.7 Å². The van der Waals surface area contributed by atoms with Gasteiger partial charge in [-0.2, -0.15) is 8.78 Å². The summed E-state index contributed by atoms with van der Waals surface area (Å²) in [6.07, 6.45) is 2.67. The van der Waals surface area contributed by atoms with E-state index in [0.29, 0.717) is 5.56 Å². The van der Waals surface area contributed by atoms with E-state index in [0.717, 1.165) is 0 Å². The lowest BCUT2D eigenvalue weighted by atomic mass is 10.1. The lowest BCUT2D eigenvalue weighted by Crippen LogP contribution is -2.04. The van der Waals surface area contributed by atoms with Crippen LogP contribution in [0.2, 0.25) is 0 Å². The average Bonchev–Trinajstić information content (AvgIpc) is 2.59. The second-order valence-electron chi connectivity index (χ2n) is 4.84. The molecule has 0 saturated carbocycles. The maximum atomic E-state index is 13.6. The molecule has 0 aliphatic rings. The number of hydrogen-bond donors (Lipinski definition) is 0. The summed E-state index contributed by atoms with van der Waals surface area (Å²) in [4.78, 5) is 12.2. The molecule has 0 aromatic heterocycles. The summed E-state index contributed by atoms with van der Waals surface area (Å²) < 4.78 is 52.3. The fraction of sp³-hybridized carbons (Fsp3) is 0.167. The van der Waals surface area contributed by atoms with E-state index >= 15 is 0 Å². The molecule has 0 atom stereocenters. The largest absolute Gasteiger partial charge is 0.494 e. The third-order valence-corrected chi connectivity index (χ3v) is 3.27. The van der Waals surface area contributed by atoms with E-state index in [2.05, 4.69) is 4.74 Å². The van der Waals surface area contributed by atoms with Gasteiger partial charge >= 0.3 is 6.61 Å². The molecule has 7 heteroatoms. The number of ether oxygens (including phenoxy) is 3. The number of carbonyl (C=O) groups is 1. The molecule has 0 aliphatic heterocycles. The molecule has 0 heterocycles. The first-order valence-electron chi connectivity index (χ1n) is 7.13. The van der Waals surface area contributed by atoms with E-state index in [1.54, 1.807) is 6.07 Å². The summed E-state index contributed by atoms with van der Waals surface area (Å²) in [7, 11) is 2.63. The van der Waals surface area contributed by atoms with Crippen molar-refractivity contribution in [2.24, 2.45) is 0 Å². The van der Waals surface area contributed by atoms with Crippen molar-refractivity contribution in [3.63, 3.8) is 0 Å². The molecular formula is C18H15F3O4. The van der Waals surface area contributed by atoms with Crippen molar-refractivity contribution in [1.82, 2.24) is 0 Å². The lowest BCUT2D eigenvalue weighted by molar-refractivity contribution is -0.0512. The maximum Gasteiger partial charge on any atom is 0.387 e. The molecule has 0 amide bonds. The van der Waals surface area contributed by atoms with E-state index < -0.39 is 18.2 Å². The van der Waals surface area contributed by atoms with Gasteiger partial charge in [-0.3, -0.25) is 4.79 Å². The zero-order valence-electron chi connectivity index (χ0n) is 13.5. The number of benzene rings is 2. The summed E-state index contributed by atoms with van der Waals surface area (Å²) in [5.41, 5.74) is 0.681. The number of allylic oxidation sites excluding steroid dienone is 1. The van der Waals surface area contributed by atoms with Crippen LogP contribution in [0.3, 0.4) is 0 Å². The Kier molecular flexibility index (Phi) is 6.05. The SMILES string of the molecule is COc1ccc(/C=C/C(=O)c2ccc(OC(F)F)c(OC)c2)cc1F. The molecule has 0 unspecified atom stereocenters. The Hall–Kier alpha value is -2.96. The molecule has 0 saturated heterocycles. The summed E-state index contributed by atoms with van der Waals surface area (Å²) in [6, 6.07) is 8.10. The number of rotatable bonds is 7. The molecule has 132 valence electrons. The van der Waals surface area contributed by atoms with Gasteiger partial charge in [-0.05, 0) is 42.0 Å². The molecule has 0 fully saturated rings. The van der Waals surface area contributed by atoms with Crippen molar-refractivity contribution in [2.45, 2.75) is 6.61 Å². The first kappa shape index (κ1) is 18.4. The van der Waals surface area contributed by atoms with Crippen LogP contribution in [0, 0.1) is 5.82 Å². The van der Waals surface area contributed by atoms with Crippen LogP contribution in [0.1, 0.15) is 15.9 Å². The third-order valence-electron chi connectivity index (χ3n) is 3.27. The van der Waals surface area contributed by atoms with Gasteiger partial charge in [0.05, 0.1) is 14.2 Å². The van der Waals surface area contributed by atoms with Crippen molar-refractivity contribution >= 4 is 11.9 Å². The van der Waals surface area contributed by atoms with E-state index in [1.807, 2.05) is 0 Å². The molecule has 2 aromatic carbocycles. The molecule has 0 bridgehead atoms. The molecule has 2 rings (SSSR count). The number of hydrogen-bond acceptors (Lipinski definition) is 4. The number of ketones is 1. The maximum absolute atomic E-state index is 13.6. The minimum Gasteiger partial charge on any atom is -0.494 e. The topological polar surface area (TPSA) is 44.8 Å². The number of alkyl halides is 2. The van der Waals surface area contributed by atoms with Gasteiger partial charge in [0.25, 0.3) is 0 Å². The smallest absolute Gasteiger partial charge is 0.387 e. The zero-order chi connectivity index (χ0) is 18.4. The molecule has 4 nitrogen and oxygen atoms in total. The Morgan fingerprint density at radius 2 is 1.68 bits per heavy atom. The second-order valence-corrected chi connectivity index (χ2v) is 4.84. The van der Waals surface area contributed by atoms with Crippen molar-refractivity contribution in [1.29, 1.82) is 0 Å². The minimum atomic E-state index is -3.00. The van der Waals surface area contributed by atoms with Crippen LogP contribution < -0.4 is 14.2 Å². The van der Waals surface area contributed by atoms with Crippen molar-refractivity contribution in [3.8, 4) is 17.2 Å². The highest BCUT2D eigenvalue weighted by Gasteiger charge is 2.13. The second kappa shape index (κ2) is 8.23. The Bertz CT molecular complexity index is 788. The Morgan fingerprint density at radius 1 is 1.00 bits per heavy atom. The number of carbonyl (C=O) groups excluding carboxylic acids is 1. The van der Waals surface area contributed by atoms with Crippen LogP contribution in [0.25, 0.3) is 6.08 Å². The van der Waals surface area contributed by atoms with Crippen LogP contribution in [-0.2, 0) is 0 Å². The number of methoxy groups -OCH3 is 2. The van der Waals surface area contributed by atoms with Crippen LogP contribution in [-0.4, -0.2) is 26.6 Å². The van der Waals surface area contributed by atoms with Crippen LogP contribution in [0.15, 0.2) is 42.5 Å². The summed E-state index contributed by atoms with van der Waals surface area (Å²) in [6.45, 7) is -3.00. The highest BCUT2D eigenvalue weighted by Crippen LogP contribution is 2.29. The zero-order valence-corrected chi connectivity index (χ0v) is 13.5. The van der Waals surface area contributed by atoms with Gasteiger partial charge in [-0.25, -0.2) is 4.39 Å². The van der Waals surface area contributed by atoms with Gasteiger partial charge < -0.3 is 14.2 Å². The highest BCUT2D eigenvalue weighted by molar-refractivity contribution is 6.07. The fourth-order valence-corrected chi connectivity index (χ4v) is 2.07. The third kappa shape index (κ3) is 4.76. The molecule has 0 aliphatic carbocycles. The van der Waals surface area contributed by atoms with E-state index in [-0.39, 0.29) is 22.8 Å². The van der Waals surface area contributed by atoms with E-state index in [4.69, 9.17) is 9.47 Å². The Labute approximate surface area is 142 Å². The summed E-state index contributed by atoms with van der Waals surface area (Å²) in [5, 5.41) is 0. The first-order chi connectivity index (χ1) is 11.9. The van der Waals surface area contributed by atoms with Gasteiger partial charge in [-0.15, -0.1) is 0 Å². The lowest BCUT2D eigenvalue weighted by Gasteiger charge is -2.10. The molecule has 25 heavy (non-hydrogen) atoms. The number of halogens is 3. The molecule has 0 spiro atoms. The monoisotopic (exact) mass is 352 g/mol. The van der Waals surface area contributed by atoms with Gasteiger partial charge in [0.2, 0.25) is 0 Å². The predicted molar refractivity (Wildman–Crippen MR) is 85.9 cm³/mol. The summed E-state index contributed by atoms with van der Waals surface area (Å²) >= 11 is 0. The average molecular weight is 352 g/mol. The summed E-state index contributed by atoms with van der Waals surface area (Å²) in [5.74, 6) is -1.02. The Morgan fingerprint density at radius 3 is 2.28 bits per heavy atom. The molecule has 2 aromatic rings. The minimum absolute atomic E-state index is 0.00930. The van der Waals surface area contributed by atoms with Crippen LogP contribution >= 0.6 is 0 Å². The van der Waals surface area contributed by atoms with Crippen molar-refractivity contribution < 1.29 is 32.2 Å².